The molecule has 2 rings (SSSR count). The van der Waals surface area contributed by atoms with Crippen LogP contribution < -0.4 is 10.6 Å². The molecule has 0 fully saturated rings. The largest absolute Gasteiger partial charge is 0.466 e. The van der Waals surface area contributed by atoms with Gasteiger partial charge in [-0.3, -0.25) is 0 Å². The van der Waals surface area contributed by atoms with Crippen LogP contribution in [0.15, 0.2) is 97.4 Å². The highest BCUT2D eigenvalue weighted by molar-refractivity contribution is 7.92. The van der Waals surface area contributed by atoms with E-state index < -0.39 is 6.89 Å². The zero-order chi connectivity index (χ0) is 19.4. The lowest BCUT2D eigenvalue weighted by atomic mass is 10.4. The van der Waals surface area contributed by atoms with Crippen molar-refractivity contribution in [3.05, 3.63) is 97.4 Å². The highest BCUT2D eigenvalue weighted by Gasteiger charge is 2.27. The number of hydrogen-bond donors (Lipinski definition) is 0. The van der Waals surface area contributed by atoms with Crippen molar-refractivity contribution in [1.82, 2.24) is 0 Å². The zero-order valence-corrected chi connectivity index (χ0v) is 16.7. The van der Waals surface area contributed by atoms with Crippen LogP contribution in [0.1, 0.15) is 13.8 Å². The van der Waals surface area contributed by atoms with Gasteiger partial charge in [-0.2, -0.15) is 0 Å². The Labute approximate surface area is 157 Å². The van der Waals surface area contributed by atoms with Crippen molar-refractivity contribution in [3.63, 3.8) is 0 Å². The molecule has 2 nitrogen and oxygen atoms in total. The number of carbonyl (C=O) groups is 1. The van der Waals surface area contributed by atoms with Crippen LogP contribution in [0.4, 0.5) is 0 Å². The van der Waals surface area contributed by atoms with Crippen molar-refractivity contribution in [2.45, 2.75) is 13.8 Å². The Morgan fingerprint density at radius 3 is 1.73 bits per heavy atom. The van der Waals surface area contributed by atoms with Gasteiger partial charge >= 0.3 is 5.97 Å². The van der Waals surface area contributed by atoms with Crippen molar-refractivity contribution >= 4 is 29.3 Å². The van der Waals surface area contributed by atoms with Crippen LogP contribution in [0.5, 0.6) is 0 Å². The van der Waals surface area contributed by atoms with Gasteiger partial charge in [-0.15, -0.1) is 13.2 Å². The average Bonchev–Trinajstić information content (AvgIpc) is 2.73. The van der Waals surface area contributed by atoms with Gasteiger partial charge in [0.25, 0.3) is 0 Å². The third kappa shape index (κ3) is 4.74. The maximum absolute atomic E-state index is 12.3. The molecular weight excluding hydrogens is 339 g/mol. The van der Waals surface area contributed by atoms with Gasteiger partial charge in [-0.05, 0) is 36.7 Å². The van der Waals surface area contributed by atoms with Crippen LogP contribution >= 0.6 is 6.89 Å². The van der Waals surface area contributed by atoms with Crippen molar-refractivity contribution in [3.8, 4) is 0 Å². The average molecular weight is 366 g/mol. The van der Waals surface area contributed by atoms with E-state index in [0.717, 1.165) is 15.9 Å². The molecule has 2 aromatic rings. The van der Waals surface area contributed by atoms with Gasteiger partial charge in [0, 0.05) is 5.80 Å². The highest BCUT2D eigenvalue weighted by atomic mass is 31.2. The van der Waals surface area contributed by atoms with E-state index in [-0.39, 0.29) is 5.97 Å². The molecule has 0 aliphatic rings. The molecule has 0 saturated heterocycles. The Hall–Kier alpha value is -2.57. The van der Waals surface area contributed by atoms with Crippen LogP contribution in [0.2, 0.25) is 0 Å². The first-order chi connectivity index (χ1) is 12.7. The SMILES string of the molecule is C/C=C\C(=C/C)P(=CC(=O)OC)(c1ccccc1)c1ccccc1.C=C. The molecular formula is C23H27O2P. The molecule has 0 unspecified atom stereocenters. The van der Waals surface area contributed by atoms with E-state index in [0.29, 0.717) is 0 Å². The van der Waals surface area contributed by atoms with Crippen molar-refractivity contribution < 1.29 is 9.53 Å². The summed E-state index contributed by atoms with van der Waals surface area (Å²) in [4.78, 5) is 12.3. The monoisotopic (exact) mass is 366 g/mol. The number of carbonyl (C=O) groups excluding carboxylic acids is 1. The Kier molecular flexibility index (Phi) is 9.19. The Balaban J connectivity index is 0.00000163. The Morgan fingerprint density at radius 2 is 1.38 bits per heavy atom. The molecule has 0 bridgehead atoms. The molecule has 26 heavy (non-hydrogen) atoms. The summed E-state index contributed by atoms with van der Waals surface area (Å²) >= 11 is 0. The van der Waals surface area contributed by atoms with E-state index in [1.54, 1.807) is 5.80 Å². The lowest BCUT2D eigenvalue weighted by Gasteiger charge is -2.29. The number of esters is 1. The van der Waals surface area contributed by atoms with Crippen LogP contribution in [0, 0.1) is 0 Å². The molecule has 0 N–H and O–H groups in total. The molecule has 0 radical (unpaired) electrons. The molecule has 0 aliphatic carbocycles. The van der Waals surface area contributed by atoms with Gasteiger partial charge in [0.2, 0.25) is 0 Å². The number of hydrogen-bond acceptors (Lipinski definition) is 2. The molecule has 2 aromatic carbocycles. The molecule has 136 valence electrons. The van der Waals surface area contributed by atoms with Gasteiger partial charge in [0.1, 0.15) is 0 Å². The fraction of sp³-hybridized carbons (Fsp3) is 0.130. The predicted octanol–water partition coefficient (Wildman–Crippen LogP) is 4.91. The Bertz CT molecular complexity index is 759. The van der Waals surface area contributed by atoms with E-state index in [1.165, 1.54) is 7.11 Å². The summed E-state index contributed by atoms with van der Waals surface area (Å²) < 4.78 is 5.00. The van der Waals surface area contributed by atoms with E-state index in [2.05, 4.69) is 49.6 Å². The van der Waals surface area contributed by atoms with Gasteiger partial charge in [-0.25, -0.2) is 4.79 Å². The van der Waals surface area contributed by atoms with E-state index in [1.807, 2.05) is 56.3 Å². The molecule has 0 aliphatic heterocycles. The van der Waals surface area contributed by atoms with E-state index in [9.17, 15) is 4.79 Å². The second kappa shape index (κ2) is 11.1. The van der Waals surface area contributed by atoms with Crippen LogP contribution in [-0.4, -0.2) is 18.9 Å². The normalized spacial score (nSPS) is 11.4. The van der Waals surface area contributed by atoms with Crippen molar-refractivity contribution in [2.24, 2.45) is 0 Å². The number of rotatable bonds is 5. The number of benzene rings is 2. The number of methoxy groups -OCH3 is 1. The van der Waals surface area contributed by atoms with E-state index >= 15 is 0 Å². The molecule has 0 atom stereocenters. The summed E-state index contributed by atoms with van der Waals surface area (Å²) in [5, 5.41) is 3.40. The first-order valence-corrected chi connectivity index (χ1v) is 10.3. The Morgan fingerprint density at radius 1 is 0.923 bits per heavy atom. The van der Waals surface area contributed by atoms with Crippen LogP contribution in [0.3, 0.4) is 0 Å². The third-order valence-electron chi connectivity index (χ3n) is 3.87. The zero-order valence-electron chi connectivity index (χ0n) is 15.8. The summed E-state index contributed by atoms with van der Waals surface area (Å²) in [6, 6.07) is 20.4. The summed E-state index contributed by atoms with van der Waals surface area (Å²) in [6.45, 7) is 7.78. The molecule has 3 heteroatoms. The fourth-order valence-electron chi connectivity index (χ4n) is 2.80. The maximum Gasteiger partial charge on any atom is 0.331 e. The van der Waals surface area contributed by atoms with Gasteiger partial charge in [0.05, 0.1) is 7.11 Å². The lowest BCUT2D eigenvalue weighted by molar-refractivity contribution is -0.132. The predicted molar refractivity (Wildman–Crippen MR) is 117 cm³/mol. The summed E-state index contributed by atoms with van der Waals surface area (Å²) in [6.07, 6.45) is 6.20. The highest BCUT2D eigenvalue weighted by Crippen LogP contribution is 2.53. The summed E-state index contributed by atoms with van der Waals surface area (Å²) in [5.41, 5.74) is 0. The minimum Gasteiger partial charge on any atom is -0.466 e. The molecule has 0 heterocycles. The first-order valence-electron chi connectivity index (χ1n) is 8.42. The number of ether oxygens (including phenoxy) is 1. The second-order valence-electron chi connectivity index (χ2n) is 5.26. The molecule has 0 amide bonds. The fourth-order valence-corrected chi connectivity index (χ4v) is 6.64. The van der Waals surface area contributed by atoms with Crippen LogP contribution in [0.25, 0.3) is 0 Å². The van der Waals surface area contributed by atoms with Crippen molar-refractivity contribution in [2.75, 3.05) is 7.11 Å². The topological polar surface area (TPSA) is 26.3 Å². The first kappa shape index (κ1) is 21.5. The summed E-state index contributed by atoms with van der Waals surface area (Å²) in [5.74, 6) is 1.47. The molecule has 0 saturated carbocycles. The minimum atomic E-state index is -2.23. The maximum atomic E-state index is 12.3. The quantitative estimate of drug-likeness (QED) is 0.325. The van der Waals surface area contributed by atoms with Gasteiger partial charge in [0.15, 0.2) is 0 Å². The number of allylic oxidation sites excluding steroid dienone is 4. The third-order valence-corrected chi connectivity index (χ3v) is 7.91. The van der Waals surface area contributed by atoms with E-state index in [4.69, 9.17) is 4.74 Å². The lowest BCUT2D eigenvalue weighted by Crippen LogP contribution is -2.22. The summed E-state index contributed by atoms with van der Waals surface area (Å²) in [7, 11) is 1.43. The van der Waals surface area contributed by atoms with Gasteiger partial charge < -0.3 is 4.74 Å². The van der Waals surface area contributed by atoms with Crippen molar-refractivity contribution in [1.29, 1.82) is 0 Å². The van der Waals surface area contributed by atoms with Crippen LogP contribution in [-0.2, 0) is 9.53 Å². The smallest absolute Gasteiger partial charge is 0.331 e. The second-order valence-corrected chi connectivity index (χ2v) is 8.51. The standard InChI is InChI=1S/C21H23O2P.C2H4/c1-4-12-18(5-2)24(17-21(22)23-3,19-13-8-6-9-14-19)20-15-10-7-11-16-20;1-2/h4-17H,1-3H3;1-2H2/b12-4-,18-5+;. The molecule has 0 aromatic heterocycles. The van der Waals surface area contributed by atoms with Gasteiger partial charge in [-0.1, -0.05) is 78.9 Å². The minimum absolute atomic E-state index is 0.306. The molecule has 0 spiro atoms.